The summed E-state index contributed by atoms with van der Waals surface area (Å²) >= 11 is 0. The van der Waals surface area contributed by atoms with E-state index in [4.69, 9.17) is 48.6 Å². The summed E-state index contributed by atoms with van der Waals surface area (Å²) in [6.45, 7) is 8.92. The summed E-state index contributed by atoms with van der Waals surface area (Å²) in [6.07, 6.45) is -5.46. The first kappa shape index (κ1) is 29.0. The van der Waals surface area contributed by atoms with E-state index < -0.39 is 54.3 Å². The summed E-state index contributed by atoms with van der Waals surface area (Å²) < 4.78 is 48.0. The Kier molecular flexibility index (Phi) is 7.50. The van der Waals surface area contributed by atoms with Gasteiger partial charge in [-0.25, -0.2) is 9.97 Å². The van der Waals surface area contributed by atoms with Crippen molar-refractivity contribution in [1.82, 2.24) is 9.97 Å². The molecule has 1 aromatic carbocycles. The number of benzene rings is 1. The Labute approximate surface area is 242 Å². The van der Waals surface area contributed by atoms with Crippen LogP contribution < -0.4 is 20.1 Å². The predicted molar refractivity (Wildman–Crippen MR) is 144 cm³/mol. The number of amides is 1. The highest BCUT2D eigenvalue weighted by atomic mass is 16.9. The van der Waals surface area contributed by atoms with Crippen molar-refractivity contribution in [1.29, 1.82) is 0 Å². The third-order valence-corrected chi connectivity index (χ3v) is 7.47. The molecule has 4 fully saturated rings. The van der Waals surface area contributed by atoms with Gasteiger partial charge in [0, 0.05) is 13.1 Å². The summed E-state index contributed by atoms with van der Waals surface area (Å²) in [7, 11) is 1.49. The third-order valence-electron chi connectivity index (χ3n) is 7.47. The number of primary amides is 1. The second-order valence-corrected chi connectivity index (χ2v) is 11.4. The van der Waals surface area contributed by atoms with Crippen molar-refractivity contribution in [3.63, 3.8) is 0 Å². The Bertz CT molecular complexity index is 1330. The van der Waals surface area contributed by atoms with Crippen molar-refractivity contribution < 1.29 is 47.8 Å². The average molecular weight is 589 g/mol. The second-order valence-electron chi connectivity index (χ2n) is 11.4. The molecule has 42 heavy (non-hydrogen) atoms. The van der Waals surface area contributed by atoms with Crippen molar-refractivity contribution in [2.75, 3.05) is 38.3 Å². The fourth-order valence-electron chi connectivity index (χ4n) is 5.69. The maximum atomic E-state index is 12.8. The van der Waals surface area contributed by atoms with Crippen LogP contribution in [0.15, 0.2) is 24.3 Å². The van der Waals surface area contributed by atoms with Gasteiger partial charge in [0.2, 0.25) is 5.95 Å². The number of nitrogens with two attached hydrogens (primary N) is 1. The van der Waals surface area contributed by atoms with Crippen LogP contribution in [0.25, 0.3) is 0 Å². The molecule has 0 saturated carbocycles. The van der Waals surface area contributed by atoms with Gasteiger partial charge in [-0.05, 0) is 39.8 Å². The number of aromatic nitrogens is 2. The lowest BCUT2D eigenvalue weighted by Gasteiger charge is -2.39. The Morgan fingerprint density at radius 1 is 1.00 bits per heavy atom. The first-order valence-corrected chi connectivity index (χ1v) is 13.9. The van der Waals surface area contributed by atoms with E-state index in [9.17, 15) is 9.90 Å². The van der Waals surface area contributed by atoms with Crippen molar-refractivity contribution in [2.45, 2.75) is 76.1 Å². The van der Waals surface area contributed by atoms with Gasteiger partial charge in [-0.3, -0.25) is 4.79 Å². The summed E-state index contributed by atoms with van der Waals surface area (Å²) in [5, 5.41) is 12.1. The van der Waals surface area contributed by atoms with Crippen LogP contribution in [0.5, 0.6) is 17.2 Å². The highest BCUT2D eigenvalue weighted by Crippen LogP contribution is 2.48. The molecule has 14 nitrogen and oxygen atoms in total. The lowest BCUT2D eigenvalue weighted by molar-refractivity contribution is -0.254. The molecule has 228 valence electrons. The molecule has 3 N–H and O–H groups in total. The highest BCUT2D eigenvalue weighted by Gasteiger charge is 2.62. The highest BCUT2D eigenvalue weighted by molar-refractivity contribution is 5.94. The van der Waals surface area contributed by atoms with E-state index in [-0.39, 0.29) is 28.8 Å². The fraction of sp³-hybridized carbons (Fsp3) is 0.607. The van der Waals surface area contributed by atoms with E-state index in [1.807, 2.05) is 4.90 Å². The number of methoxy groups -OCH3 is 1. The number of carbonyl (C=O) groups is 1. The Morgan fingerprint density at radius 3 is 2.33 bits per heavy atom. The number of fused-ring (bicyclic) bond motifs is 3. The SMILES string of the molecule is COc1ccccc1Oc1c(C(N)=O)nc(N2CCOCC2)nc1C(O)[C@H]1O[C@@H]2OC(C)(C)O[C@@H]2[C@H]2OC(C)(C)O[C@H]21. The zero-order valence-electron chi connectivity index (χ0n) is 24.1. The lowest BCUT2D eigenvalue weighted by atomic mass is 9.93. The van der Waals surface area contributed by atoms with E-state index >= 15 is 0 Å². The Hall–Kier alpha value is -3.11. The number of anilines is 1. The van der Waals surface area contributed by atoms with Crippen molar-refractivity contribution in [3.05, 3.63) is 35.7 Å². The van der Waals surface area contributed by atoms with E-state index in [0.717, 1.165) is 0 Å². The number of ether oxygens (including phenoxy) is 8. The predicted octanol–water partition coefficient (Wildman–Crippen LogP) is 1.64. The molecular formula is C28H36N4O10. The van der Waals surface area contributed by atoms with E-state index in [1.165, 1.54) is 7.11 Å². The molecule has 1 amide bonds. The Morgan fingerprint density at radius 2 is 1.64 bits per heavy atom. The number of nitrogens with zero attached hydrogens (tertiary/aromatic N) is 3. The molecule has 1 unspecified atom stereocenters. The van der Waals surface area contributed by atoms with Crippen LogP contribution in [0, 0.1) is 0 Å². The van der Waals surface area contributed by atoms with Crippen LogP contribution in [-0.2, 0) is 28.4 Å². The van der Waals surface area contributed by atoms with Gasteiger partial charge >= 0.3 is 0 Å². The molecule has 14 heteroatoms. The van der Waals surface area contributed by atoms with Crippen LogP contribution in [-0.4, -0.2) is 96.7 Å². The molecule has 0 spiro atoms. The molecule has 5 heterocycles. The van der Waals surface area contributed by atoms with E-state index in [2.05, 4.69) is 4.98 Å². The summed E-state index contributed by atoms with van der Waals surface area (Å²) in [5.74, 6) is -2.13. The average Bonchev–Trinajstić information content (AvgIpc) is 3.46. The lowest BCUT2D eigenvalue weighted by Crippen LogP contribution is -2.56. The topological polar surface area (TPSA) is 166 Å². The van der Waals surface area contributed by atoms with Gasteiger partial charge in [-0.15, -0.1) is 0 Å². The number of morpholine rings is 1. The van der Waals surface area contributed by atoms with Gasteiger partial charge in [0.25, 0.3) is 5.91 Å². The number of para-hydroxylation sites is 2. The number of aliphatic hydroxyl groups is 1. The normalized spacial score (nSPS) is 30.3. The summed E-state index contributed by atoms with van der Waals surface area (Å²) in [6, 6.07) is 6.85. The minimum Gasteiger partial charge on any atom is -0.493 e. The first-order chi connectivity index (χ1) is 20.0. The molecule has 2 aromatic rings. The van der Waals surface area contributed by atoms with Crippen LogP contribution in [0.1, 0.15) is 50.0 Å². The summed E-state index contributed by atoms with van der Waals surface area (Å²) in [5.41, 5.74) is 5.58. The quantitative estimate of drug-likeness (QED) is 0.480. The number of carbonyl (C=O) groups excluding carboxylic acids is 1. The molecule has 0 aliphatic carbocycles. The van der Waals surface area contributed by atoms with E-state index in [0.29, 0.717) is 32.1 Å². The van der Waals surface area contributed by atoms with Crippen LogP contribution in [0.4, 0.5) is 5.95 Å². The number of hydrogen-bond donors (Lipinski definition) is 2. The van der Waals surface area contributed by atoms with Crippen molar-refractivity contribution >= 4 is 11.9 Å². The monoisotopic (exact) mass is 588 g/mol. The Balaban J connectivity index is 1.46. The largest absolute Gasteiger partial charge is 0.493 e. The van der Waals surface area contributed by atoms with Crippen molar-refractivity contribution in [2.24, 2.45) is 5.73 Å². The van der Waals surface area contributed by atoms with Gasteiger partial charge < -0.3 is 53.6 Å². The minimum absolute atomic E-state index is 0.0279. The van der Waals surface area contributed by atoms with Gasteiger partial charge in [0.1, 0.15) is 36.2 Å². The molecule has 4 saturated heterocycles. The van der Waals surface area contributed by atoms with Crippen LogP contribution >= 0.6 is 0 Å². The molecule has 6 rings (SSSR count). The summed E-state index contributed by atoms with van der Waals surface area (Å²) in [4.78, 5) is 23.8. The van der Waals surface area contributed by atoms with Gasteiger partial charge in [0.05, 0.1) is 20.3 Å². The smallest absolute Gasteiger partial charge is 0.271 e. The molecule has 0 bridgehead atoms. The second kappa shape index (κ2) is 10.9. The first-order valence-electron chi connectivity index (χ1n) is 13.9. The number of rotatable bonds is 7. The maximum Gasteiger partial charge on any atom is 0.271 e. The third kappa shape index (κ3) is 5.39. The number of aliphatic hydroxyl groups excluding tert-OH is 1. The van der Waals surface area contributed by atoms with Crippen LogP contribution in [0.2, 0.25) is 0 Å². The molecule has 6 atom stereocenters. The maximum absolute atomic E-state index is 12.8. The fourth-order valence-corrected chi connectivity index (χ4v) is 5.69. The molecule has 4 aliphatic heterocycles. The zero-order chi connectivity index (χ0) is 29.8. The molecular weight excluding hydrogens is 552 g/mol. The van der Waals surface area contributed by atoms with E-state index in [1.54, 1.807) is 52.0 Å². The molecule has 0 radical (unpaired) electrons. The molecule has 1 aromatic heterocycles. The van der Waals surface area contributed by atoms with Gasteiger partial charge in [-0.2, -0.15) is 0 Å². The van der Waals surface area contributed by atoms with Crippen molar-refractivity contribution in [3.8, 4) is 17.2 Å². The minimum atomic E-state index is -1.51. The number of hydrogen-bond acceptors (Lipinski definition) is 13. The van der Waals surface area contributed by atoms with Gasteiger partial charge in [0.15, 0.2) is 40.8 Å². The van der Waals surface area contributed by atoms with Crippen LogP contribution in [0.3, 0.4) is 0 Å². The standard InChI is InChI=1S/C28H36N4O10/c1-27(2)39-21-20(38-25-23(22(21)40-27)41-28(3,4)42-25)18(33)16-19(37-15-9-7-6-8-14(15)35-5)17(24(29)34)31-26(30-16)32-10-12-36-13-11-32/h6-9,18,20-23,25,33H,10-13H2,1-5H3,(H2,29,34)/t18?,20-,21+,22+,23-,25-/m1/s1. The molecule has 4 aliphatic rings. The van der Waals surface area contributed by atoms with Gasteiger partial charge in [-0.1, -0.05) is 12.1 Å². The zero-order valence-corrected chi connectivity index (χ0v) is 24.1.